The van der Waals surface area contributed by atoms with Gasteiger partial charge in [0.05, 0.1) is 22.4 Å². The zero-order valence-electron chi connectivity index (χ0n) is 29.2. The van der Waals surface area contributed by atoms with Gasteiger partial charge in [0.15, 0.2) is 0 Å². The maximum atomic E-state index is 6.66. The lowest BCUT2D eigenvalue weighted by molar-refractivity contribution is 0.483. The lowest BCUT2D eigenvalue weighted by Crippen LogP contribution is -2.26. The van der Waals surface area contributed by atoms with Gasteiger partial charge in [0, 0.05) is 40.0 Å². The van der Waals surface area contributed by atoms with Crippen molar-refractivity contribution in [2.24, 2.45) is 0 Å². The van der Waals surface area contributed by atoms with Crippen LogP contribution in [0, 0.1) is 0 Å². The third-order valence-electron chi connectivity index (χ3n) is 9.73. The van der Waals surface area contributed by atoms with E-state index in [1.807, 2.05) is 6.07 Å². The molecule has 8 rings (SSSR count). The first-order valence-electron chi connectivity index (χ1n) is 17.2. The molecule has 6 aromatic carbocycles. The minimum atomic E-state index is 0.0227. The molecule has 0 saturated heterocycles. The number of rotatable bonds is 5. The van der Waals surface area contributed by atoms with Crippen molar-refractivity contribution in [3.05, 3.63) is 151 Å². The van der Waals surface area contributed by atoms with Crippen LogP contribution in [0.5, 0.6) is 11.5 Å². The Balaban J connectivity index is 1.16. The van der Waals surface area contributed by atoms with E-state index in [4.69, 9.17) is 4.74 Å². The number of ether oxygens (including phenoxy) is 1. The Hall–Kier alpha value is -5.48. The normalized spacial score (nSPS) is 13.3. The number of hydrogen-bond donors (Lipinski definition) is 0. The van der Waals surface area contributed by atoms with Crippen LogP contribution in [-0.2, 0) is 10.8 Å². The van der Waals surface area contributed by atoms with E-state index in [0.29, 0.717) is 0 Å². The van der Waals surface area contributed by atoms with Gasteiger partial charge in [-0.3, -0.25) is 0 Å². The first kappa shape index (κ1) is 30.8. The molecule has 7 aromatic rings. The van der Waals surface area contributed by atoms with Crippen LogP contribution in [0.3, 0.4) is 0 Å². The molecule has 0 spiro atoms. The summed E-state index contributed by atoms with van der Waals surface area (Å²) in [6, 6.07) is 50.0. The van der Waals surface area contributed by atoms with Gasteiger partial charge in [0.1, 0.15) is 18.2 Å². The maximum absolute atomic E-state index is 6.66. The number of fused-ring (bicyclic) bond motifs is 4. The fourth-order valence-electron chi connectivity index (χ4n) is 7.24. The lowest BCUT2D eigenvalue weighted by atomic mass is 9.85. The van der Waals surface area contributed by atoms with E-state index in [2.05, 4.69) is 189 Å². The molecule has 244 valence electrons. The second-order valence-electron chi connectivity index (χ2n) is 15.2. The topological polar surface area (TPSA) is 20.6 Å². The van der Waals surface area contributed by atoms with Crippen LogP contribution in [0.4, 0.5) is 22.7 Å². The Morgan fingerprint density at radius 3 is 1.88 bits per heavy atom. The molecule has 0 N–H and O–H groups in total. The average molecular weight is 642 g/mol. The second kappa shape index (κ2) is 11.6. The van der Waals surface area contributed by atoms with Crippen LogP contribution in [-0.4, -0.2) is 11.2 Å². The average Bonchev–Trinajstić information content (AvgIpc) is 3.64. The second-order valence-corrected chi connectivity index (χ2v) is 15.2. The number of para-hydroxylation sites is 4. The third-order valence-corrected chi connectivity index (χ3v) is 9.73. The van der Waals surface area contributed by atoms with Gasteiger partial charge < -0.3 is 19.1 Å². The predicted octanol–water partition coefficient (Wildman–Crippen LogP) is 12.4. The van der Waals surface area contributed by atoms with Gasteiger partial charge in [0.2, 0.25) is 0 Å². The van der Waals surface area contributed by atoms with Crippen molar-refractivity contribution in [2.75, 3.05) is 16.5 Å². The summed E-state index contributed by atoms with van der Waals surface area (Å²) in [5.41, 5.74) is 10.9. The Bertz CT molecular complexity index is 2340. The van der Waals surface area contributed by atoms with Crippen LogP contribution in [0.1, 0.15) is 52.7 Å². The third kappa shape index (κ3) is 5.51. The SMILES string of the molecule is CC(C)(C)c1cccc(-n2c3ccccc3c3ccc(Oc4cccc(N5CN(c6ccccc6C(C)(C)C)c6ccccc65)c4)cc32)c1. The molecule has 0 radical (unpaired) electrons. The summed E-state index contributed by atoms with van der Waals surface area (Å²) in [6.45, 7) is 14.4. The summed E-state index contributed by atoms with van der Waals surface area (Å²) in [6.07, 6.45) is 0. The molecular formula is C45H43N3O. The number of nitrogens with zero attached hydrogens (tertiary/aromatic N) is 3. The minimum Gasteiger partial charge on any atom is -0.457 e. The highest BCUT2D eigenvalue weighted by Gasteiger charge is 2.31. The van der Waals surface area contributed by atoms with Crippen molar-refractivity contribution in [3.8, 4) is 17.2 Å². The molecule has 0 unspecified atom stereocenters. The molecule has 0 amide bonds. The van der Waals surface area contributed by atoms with Crippen molar-refractivity contribution < 1.29 is 4.74 Å². The largest absolute Gasteiger partial charge is 0.457 e. The number of benzene rings is 6. The van der Waals surface area contributed by atoms with Crippen molar-refractivity contribution in [1.29, 1.82) is 0 Å². The molecule has 0 atom stereocenters. The molecule has 4 heteroatoms. The Morgan fingerprint density at radius 2 is 1.10 bits per heavy atom. The van der Waals surface area contributed by atoms with Gasteiger partial charge in [-0.2, -0.15) is 0 Å². The van der Waals surface area contributed by atoms with E-state index in [1.165, 1.54) is 44.5 Å². The van der Waals surface area contributed by atoms with E-state index >= 15 is 0 Å². The summed E-state index contributed by atoms with van der Waals surface area (Å²) in [7, 11) is 0. The molecule has 0 aliphatic carbocycles. The maximum Gasteiger partial charge on any atom is 0.129 e. The molecule has 0 fully saturated rings. The Kier molecular flexibility index (Phi) is 7.29. The Morgan fingerprint density at radius 1 is 0.469 bits per heavy atom. The number of anilines is 4. The molecule has 49 heavy (non-hydrogen) atoms. The van der Waals surface area contributed by atoms with Crippen molar-refractivity contribution in [2.45, 2.75) is 52.4 Å². The highest BCUT2D eigenvalue weighted by Crippen LogP contribution is 2.47. The number of aromatic nitrogens is 1. The molecule has 0 bridgehead atoms. The summed E-state index contributed by atoms with van der Waals surface area (Å²) < 4.78 is 9.03. The quantitative estimate of drug-likeness (QED) is 0.187. The van der Waals surface area contributed by atoms with Gasteiger partial charge >= 0.3 is 0 Å². The van der Waals surface area contributed by atoms with Crippen LogP contribution in [0.15, 0.2) is 140 Å². The molecule has 0 saturated carbocycles. The number of hydrogen-bond acceptors (Lipinski definition) is 3. The van der Waals surface area contributed by atoms with Crippen molar-refractivity contribution in [3.63, 3.8) is 0 Å². The van der Waals surface area contributed by atoms with Crippen molar-refractivity contribution >= 4 is 44.6 Å². The monoisotopic (exact) mass is 641 g/mol. The summed E-state index contributed by atoms with van der Waals surface area (Å²) in [5.74, 6) is 1.61. The van der Waals surface area contributed by atoms with E-state index in [9.17, 15) is 0 Å². The summed E-state index contributed by atoms with van der Waals surface area (Å²) in [4.78, 5) is 4.82. The van der Waals surface area contributed by atoms with E-state index in [0.717, 1.165) is 35.1 Å². The zero-order chi connectivity index (χ0) is 33.9. The molecule has 4 nitrogen and oxygen atoms in total. The van der Waals surface area contributed by atoms with Crippen molar-refractivity contribution in [1.82, 2.24) is 4.57 Å². The summed E-state index contributed by atoms with van der Waals surface area (Å²) >= 11 is 0. The van der Waals surface area contributed by atoms with Gasteiger partial charge in [-0.15, -0.1) is 0 Å². The van der Waals surface area contributed by atoms with E-state index in [1.54, 1.807) is 0 Å². The highest BCUT2D eigenvalue weighted by atomic mass is 16.5. The molecule has 1 aliphatic heterocycles. The van der Waals surface area contributed by atoms with Crippen LogP contribution in [0.2, 0.25) is 0 Å². The summed E-state index contributed by atoms with van der Waals surface area (Å²) in [5, 5.41) is 2.44. The lowest BCUT2D eigenvalue weighted by Gasteiger charge is -2.29. The first-order chi connectivity index (χ1) is 23.6. The first-order valence-corrected chi connectivity index (χ1v) is 17.2. The van der Waals surface area contributed by atoms with Gasteiger partial charge in [-0.05, 0) is 82.6 Å². The van der Waals surface area contributed by atoms with E-state index < -0.39 is 0 Å². The molecule has 1 aliphatic rings. The molecule has 2 heterocycles. The van der Waals surface area contributed by atoms with Gasteiger partial charge in [-0.25, -0.2) is 0 Å². The zero-order valence-corrected chi connectivity index (χ0v) is 29.2. The molecule has 1 aromatic heterocycles. The minimum absolute atomic E-state index is 0.0227. The van der Waals surface area contributed by atoms with E-state index in [-0.39, 0.29) is 10.8 Å². The fraction of sp³-hybridized carbons (Fsp3) is 0.200. The Labute approximate surface area is 289 Å². The van der Waals surface area contributed by atoms with Crippen LogP contribution < -0.4 is 14.5 Å². The van der Waals surface area contributed by atoms with Crippen LogP contribution in [0.25, 0.3) is 27.5 Å². The van der Waals surface area contributed by atoms with Gasteiger partial charge in [-0.1, -0.05) is 108 Å². The van der Waals surface area contributed by atoms with Crippen LogP contribution >= 0.6 is 0 Å². The molecular weight excluding hydrogens is 599 g/mol. The predicted molar refractivity (Wildman–Crippen MR) is 207 cm³/mol. The fourth-order valence-corrected chi connectivity index (χ4v) is 7.24. The van der Waals surface area contributed by atoms with Gasteiger partial charge in [0.25, 0.3) is 0 Å². The highest BCUT2D eigenvalue weighted by molar-refractivity contribution is 6.09. The standard InChI is InChI=1S/C45H43N3O/c1-44(2,3)31-15-13-17-33(27-31)48-39-21-9-7-19-36(39)37-26-25-35(29-43(37)48)49-34-18-14-16-32(28-34)46-30-47(42-24-12-11-23-41(42)46)40-22-10-8-20-38(40)45(4,5)6/h7-29H,30H2,1-6H3. The smallest absolute Gasteiger partial charge is 0.129 e.